The zero-order chi connectivity index (χ0) is 13.3. The van der Waals surface area contributed by atoms with Crippen molar-refractivity contribution in [1.82, 2.24) is 10.2 Å². The SMILES string of the molecule is CN(C)CCCNC(=O)CCC(C)(C)CCN. The van der Waals surface area contributed by atoms with Crippen LogP contribution in [-0.4, -0.2) is 44.5 Å². The molecule has 0 saturated carbocycles. The van der Waals surface area contributed by atoms with Crippen LogP contribution in [0.25, 0.3) is 0 Å². The average Bonchev–Trinajstić information content (AvgIpc) is 2.21. The molecule has 0 aliphatic carbocycles. The highest BCUT2D eigenvalue weighted by molar-refractivity contribution is 5.75. The molecule has 0 bridgehead atoms. The van der Waals surface area contributed by atoms with Gasteiger partial charge in [0.2, 0.25) is 5.91 Å². The van der Waals surface area contributed by atoms with Crippen LogP contribution < -0.4 is 11.1 Å². The van der Waals surface area contributed by atoms with Crippen LogP contribution >= 0.6 is 0 Å². The Morgan fingerprint density at radius 3 is 2.47 bits per heavy atom. The summed E-state index contributed by atoms with van der Waals surface area (Å²) < 4.78 is 0. The Morgan fingerprint density at radius 1 is 1.29 bits per heavy atom. The molecule has 0 aromatic heterocycles. The van der Waals surface area contributed by atoms with Gasteiger partial charge in [-0.05, 0) is 51.9 Å². The molecule has 4 heteroatoms. The topological polar surface area (TPSA) is 58.4 Å². The van der Waals surface area contributed by atoms with Crippen LogP contribution in [0.15, 0.2) is 0 Å². The molecule has 0 rings (SSSR count). The van der Waals surface area contributed by atoms with Gasteiger partial charge in [-0.15, -0.1) is 0 Å². The monoisotopic (exact) mass is 243 g/mol. The van der Waals surface area contributed by atoms with Gasteiger partial charge in [-0.1, -0.05) is 13.8 Å². The van der Waals surface area contributed by atoms with Crippen molar-refractivity contribution in [2.24, 2.45) is 11.1 Å². The Morgan fingerprint density at radius 2 is 1.94 bits per heavy atom. The highest BCUT2D eigenvalue weighted by Gasteiger charge is 2.17. The molecule has 102 valence electrons. The molecular formula is C13H29N3O. The number of carbonyl (C=O) groups is 1. The van der Waals surface area contributed by atoms with E-state index in [-0.39, 0.29) is 11.3 Å². The molecule has 0 spiro atoms. The van der Waals surface area contributed by atoms with E-state index in [1.54, 1.807) is 0 Å². The Hall–Kier alpha value is -0.610. The molecule has 4 nitrogen and oxygen atoms in total. The van der Waals surface area contributed by atoms with Gasteiger partial charge in [0, 0.05) is 13.0 Å². The zero-order valence-corrected chi connectivity index (χ0v) is 11.9. The lowest BCUT2D eigenvalue weighted by Crippen LogP contribution is -2.28. The lowest BCUT2D eigenvalue weighted by atomic mass is 9.84. The van der Waals surface area contributed by atoms with Crippen LogP contribution in [0.5, 0.6) is 0 Å². The van der Waals surface area contributed by atoms with E-state index in [0.717, 1.165) is 32.4 Å². The molecule has 0 aliphatic heterocycles. The largest absolute Gasteiger partial charge is 0.356 e. The summed E-state index contributed by atoms with van der Waals surface area (Å²) in [4.78, 5) is 13.7. The number of carbonyl (C=O) groups excluding carboxylic acids is 1. The van der Waals surface area contributed by atoms with Gasteiger partial charge in [-0.2, -0.15) is 0 Å². The van der Waals surface area contributed by atoms with Crippen LogP contribution in [0.3, 0.4) is 0 Å². The summed E-state index contributed by atoms with van der Waals surface area (Å²) >= 11 is 0. The van der Waals surface area contributed by atoms with E-state index in [9.17, 15) is 4.79 Å². The quantitative estimate of drug-likeness (QED) is 0.598. The fourth-order valence-corrected chi connectivity index (χ4v) is 1.68. The molecule has 0 radical (unpaired) electrons. The van der Waals surface area contributed by atoms with E-state index in [0.29, 0.717) is 13.0 Å². The van der Waals surface area contributed by atoms with Crippen molar-refractivity contribution >= 4 is 5.91 Å². The molecule has 0 aromatic carbocycles. The Labute approximate surface area is 106 Å². The van der Waals surface area contributed by atoms with Crippen molar-refractivity contribution in [1.29, 1.82) is 0 Å². The zero-order valence-electron chi connectivity index (χ0n) is 11.9. The molecular weight excluding hydrogens is 214 g/mol. The summed E-state index contributed by atoms with van der Waals surface area (Å²) in [6.45, 7) is 6.81. The third-order valence-corrected chi connectivity index (χ3v) is 2.95. The van der Waals surface area contributed by atoms with E-state index in [2.05, 4.69) is 24.1 Å². The number of nitrogens with zero attached hydrogens (tertiary/aromatic N) is 1. The van der Waals surface area contributed by atoms with Crippen molar-refractivity contribution in [2.75, 3.05) is 33.7 Å². The molecule has 0 saturated heterocycles. The van der Waals surface area contributed by atoms with Gasteiger partial charge >= 0.3 is 0 Å². The Balaban J connectivity index is 3.59. The van der Waals surface area contributed by atoms with Crippen molar-refractivity contribution in [3.05, 3.63) is 0 Å². The summed E-state index contributed by atoms with van der Waals surface area (Å²) in [6.07, 6.45) is 3.49. The lowest BCUT2D eigenvalue weighted by molar-refractivity contribution is -0.121. The molecule has 0 aromatic rings. The molecule has 17 heavy (non-hydrogen) atoms. The highest BCUT2D eigenvalue weighted by atomic mass is 16.1. The summed E-state index contributed by atoms with van der Waals surface area (Å²) in [7, 11) is 4.08. The number of hydrogen-bond donors (Lipinski definition) is 2. The normalized spacial score (nSPS) is 11.9. The standard InChI is InChI=1S/C13H29N3O/c1-13(2,8-9-14)7-6-12(17)15-10-5-11-16(3)4/h5-11,14H2,1-4H3,(H,15,17). The first-order chi connectivity index (χ1) is 7.87. The van der Waals surface area contributed by atoms with E-state index >= 15 is 0 Å². The minimum absolute atomic E-state index is 0.161. The summed E-state index contributed by atoms with van der Waals surface area (Å²) in [6, 6.07) is 0. The maximum Gasteiger partial charge on any atom is 0.220 e. The third kappa shape index (κ3) is 10.3. The van der Waals surface area contributed by atoms with E-state index in [1.165, 1.54) is 0 Å². The average molecular weight is 243 g/mol. The first-order valence-corrected chi connectivity index (χ1v) is 6.49. The molecule has 3 N–H and O–H groups in total. The first kappa shape index (κ1) is 16.4. The van der Waals surface area contributed by atoms with Gasteiger partial charge in [0.1, 0.15) is 0 Å². The van der Waals surface area contributed by atoms with Gasteiger partial charge in [0.05, 0.1) is 0 Å². The van der Waals surface area contributed by atoms with Crippen molar-refractivity contribution in [3.63, 3.8) is 0 Å². The lowest BCUT2D eigenvalue weighted by Gasteiger charge is -2.23. The molecule has 0 aliphatic rings. The van der Waals surface area contributed by atoms with Gasteiger partial charge in [-0.3, -0.25) is 4.79 Å². The Bertz CT molecular complexity index is 215. The van der Waals surface area contributed by atoms with Crippen molar-refractivity contribution in [3.8, 4) is 0 Å². The van der Waals surface area contributed by atoms with Crippen LogP contribution in [0.2, 0.25) is 0 Å². The molecule has 0 atom stereocenters. The number of hydrogen-bond acceptors (Lipinski definition) is 3. The summed E-state index contributed by atoms with van der Waals surface area (Å²) in [5.74, 6) is 0.161. The second-order valence-corrected chi connectivity index (χ2v) is 5.71. The number of amides is 1. The maximum absolute atomic E-state index is 11.6. The third-order valence-electron chi connectivity index (χ3n) is 2.95. The van der Waals surface area contributed by atoms with Crippen LogP contribution in [-0.2, 0) is 4.79 Å². The van der Waals surface area contributed by atoms with Crippen molar-refractivity contribution in [2.45, 2.75) is 39.5 Å². The van der Waals surface area contributed by atoms with Gasteiger partial charge in [0.15, 0.2) is 0 Å². The molecule has 0 heterocycles. The van der Waals surface area contributed by atoms with Crippen LogP contribution in [0, 0.1) is 5.41 Å². The Kier molecular flexibility index (Phi) is 8.17. The number of nitrogens with one attached hydrogen (secondary N) is 1. The van der Waals surface area contributed by atoms with Gasteiger partial charge in [0.25, 0.3) is 0 Å². The highest BCUT2D eigenvalue weighted by Crippen LogP contribution is 2.25. The first-order valence-electron chi connectivity index (χ1n) is 6.49. The molecule has 0 fully saturated rings. The second kappa shape index (κ2) is 8.48. The predicted molar refractivity (Wildman–Crippen MR) is 72.9 cm³/mol. The predicted octanol–water partition coefficient (Wildman–Crippen LogP) is 1.21. The maximum atomic E-state index is 11.6. The minimum Gasteiger partial charge on any atom is -0.356 e. The molecule has 0 unspecified atom stereocenters. The van der Waals surface area contributed by atoms with Gasteiger partial charge in [-0.25, -0.2) is 0 Å². The second-order valence-electron chi connectivity index (χ2n) is 5.71. The summed E-state index contributed by atoms with van der Waals surface area (Å²) in [5, 5.41) is 2.96. The number of rotatable bonds is 9. The van der Waals surface area contributed by atoms with E-state index < -0.39 is 0 Å². The fourth-order valence-electron chi connectivity index (χ4n) is 1.68. The van der Waals surface area contributed by atoms with Crippen LogP contribution in [0.1, 0.15) is 39.5 Å². The minimum atomic E-state index is 0.161. The van der Waals surface area contributed by atoms with E-state index in [1.807, 2.05) is 14.1 Å². The fraction of sp³-hybridized carbons (Fsp3) is 0.923. The van der Waals surface area contributed by atoms with E-state index in [4.69, 9.17) is 5.73 Å². The summed E-state index contributed by atoms with van der Waals surface area (Å²) in [5.41, 5.74) is 5.72. The molecule has 1 amide bonds. The van der Waals surface area contributed by atoms with Crippen molar-refractivity contribution < 1.29 is 4.79 Å². The smallest absolute Gasteiger partial charge is 0.220 e. The number of nitrogens with two attached hydrogens (primary N) is 1. The van der Waals surface area contributed by atoms with Crippen LogP contribution in [0.4, 0.5) is 0 Å². The van der Waals surface area contributed by atoms with Gasteiger partial charge < -0.3 is 16.0 Å².